The zero-order chi connectivity index (χ0) is 21.3. The Balaban J connectivity index is 5.02. The van der Waals surface area contributed by atoms with Crippen LogP contribution in [0.1, 0.15) is 79.1 Å². The standard InChI is InChI=1S/C21H46NO5P/c1-5-9-11-20(7-3)17-26-28(25,19-22(13-15-23)14-16-24)27-18-21(8-4)12-10-6-2/h20-21,23-24H,5-19H2,1-4H3. The predicted molar refractivity (Wildman–Crippen MR) is 117 cm³/mol. The van der Waals surface area contributed by atoms with Crippen LogP contribution in [0.25, 0.3) is 0 Å². The summed E-state index contributed by atoms with van der Waals surface area (Å²) in [6.45, 7) is 10.1. The third-order valence-corrected chi connectivity index (χ3v) is 7.14. The molecule has 0 aromatic carbocycles. The Morgan fingerprint density at radius 1 is 0.821 bits per heavy atom. The van der Waals surface area contributed by atoms with E-state index in [0.29, 0.717) is 38.1 Å². The van der Waals surface area contributed by atoms with Crippen molar-refractivity contribution in [1.82, 2.24) is 4.90 Å². The SMILES string of the molecule is CCCCC(CC)COP(=O)(CN(CCO)CCO)OCC(CC)CCCC. The Labute approximate surface area is 173 Å². The molecule has 7 heteroatoms. The largest absolute Gasteiger partial charge is 0.395 e. The van der Waals surface area contributed by atoms with Gasteiger partial charge in [0.15, 0.2) is 0 Å². The summed E-state index contributed by atoms with van der Waals surface area (Å²) in [5.74, 6) is 0.756. The maximum atomic E-state index is 13.5. The lowest BCUT2D eigenvalue weighted by Gasteiger charge is -2.28. The molecule has 2 atom stereocenters. The molecule has 0 aromatic rings. The second kappa shape index (κ2) is 17.9. The minimum atomic E-state index is -3.33. The van der Waals surface area contributed by atoms with E-state index in [2.05, 4.69) is 27.7 Å². The van der Waals surface area contributed by atoms with Gasteiger partial charge in [-0.15, -0.1) is 0 Å². The molecule has 0 aromatic heterocycles. The van der Waals surface area contributed by atoms with Crippen molar-refractivity contribution in [2.45, 2.75) is 79.1 Å². The number of nitrogens with zero attached hydrogens (tertiary/aromatic N) is 1. The van der Waals surface area contributed by atoms with Crippen LogP contribution in [-0.2, 0) is 13.6 Å². The van der Waals surface area contributed by atoms with Gasteiger partial charge in [-0.3, -0.25) is 9.46 Å². The summed E-state index contributed by atoms with van der Waals surface area (Å²) in [5, 5.41) is 18.5. The highest BCUT2D eigenvalue weighted by molar-refractivity contribution is 7.53. The van der Waals surface area contributed by atoms with E-state index in [9.17, 15) is 14.8 Å². The van der Waals surface area contributed by atoms with Crippen molar-refractivity contribution in [3.05, 3.63) is 0 Å². The maximum absolute atomic E-state index is 13.5. The molecule has 0 fully saturated rings. The Bertz CT molecular complexity index is 367. The first-order chi connectivity index (χ1) is 13.5. The Morgan fingerprint density at radius 2 is 1.25 bits per heavy atom. The van der Waals surface area contributed by atoms with Crippen LogP contribution in [0.15, 0.2) is 0 Å². The van der Waals surface area contributed by atoms with Gasteiger partial charge in [-0.25, -0.2) is 0 Å². The molecular formula is C21H46NO5P. The fourth-order valence-corrected chi connectivity index (χ4v) is 5.02. The van der Waals surface area contributed by atoms with Crippen molar-refractivity contribution in [1.29, 1.82) is 0 Å². The van der Waals surface area contributed by atoms with Crippen LogP contribution in [0.4, 0.5) is 0 Å². The molecule has 0 radical (unpaired) electrons. The predicted octanol–water partition coefficient (Wildman–Crippen LogP) is 4.89. The number of aliphatic hydroxyl groups excluding tert-OH is 2. The van der Waals surface area contributed by atoms with Crippen molar-refractivity contribution in [2.75, 3.05) is 45.8 Å². The molecule has 2 unspecified atom stereocenters. The van der Waals surface area contributed by atoms with E-state index in [1.165, 1.54) is 0 Å². The van der Waals surface area contributed by atoms with Gasteiger partial charge in [0.2, 0.25) is 0 Å². The van der Waals surface area contributed by atoms with Gasteiger partial charge in [0.1, 0.15) is 6.29 Å². The van der Waals surface area contributed by atoms with Gasteiger partial charge in [-0.1, -0.05) is 66.2 Å². The number of unbranched alkanes of at least 4 members (excludes halogenated alkanes) is 2. The number of rotatable bonds is 20. The molecule has 0 spiro atoms. The van der Waals surface area contributed by atoms with Gasteiger partial charge in [0.25, 0.3) is 0 Å². The Morgan fingerprint density at radius 3 is 1.57 bits per heavy atom. The van der Waals surface area contributed by atoms with Crippen LogP contribution < -0.4 is 0 Å². The summed E-state index contributed by atoms with van der Waals surface area (Å²) in [6.07, 6.45) is 8.79. The summed E-state index contributed by atoms with van der Waals surface area (Å²) in [7, 11) is -3.33. The lowest BCUT2D eigenvalue weighted by Crippen LogP contribution is -2.32. The average molecular weight is 424 g/mol. The first-order valence-electron chi connectivity index (χ1n) is 11.3. The van der Waals surface area contributed by atoms with Crippen LogP contribution in [0.5, 0.6) is 0 Å². The minimum absolute atomic E-state index is 0.0534. The summed E-state index contributed by atoms with van der Waals surface area (Å²) in [4.78, 5) is 1.76. The summed E-state index contributed by atoms with van der Waals surface area (Å²) in [5.41, 5.74) is 0. The lowest BCUT2D eigenvalue weighted by atomic mass is 10.0. The van der Waals surface area contributed by atoms with Crippen molar-refractivity contribution < 1.29 is 23.8 Å². The fourth-order valence-electron chi connectivity index (χ4n) is 3.13. The Hall–Kier alpha value is 0.0300. The zero-order valence-corrected chi connectivity index (χ0v) is 19.7. The third kappa shape index (κ3) is 13.3. The molecule has 170 valence electrons. The first-order valence-corrected chi connectivity index (χ1v) is 13.0. The highest BCUT2D eigenvalue weighted by atomic mass is 31.2. The van der Waals surface area contributed by atoms with Crippen LogP contribution in [0.3, 0.4) is 0 Å². The van der Waals surface area contributed by atoms with E-state index in [4.69, 9.17) is 9.05 Å². The summed E-state index contributed by atoms with van der Waals surface area (Å²) < 4.78 is 25.4. The van der Waals surface area contributed by atoms with E-state index < -0.39 is 7.60 Å². The van der Waals surface area contributed by atoms with Crippen LogP contribution in [0.2, 0.25) is 0 Å². The van der Waals surface area contributed by atoms with Gasteiger partial charge in [0, 0.05) is 13.1 Å². The van der Waals surface area contributed by atoms with E-state index >= 15 is 0 Å². The Kier molecular flexibility index (Phi) is 17.9. The molecule has 0 heterocycles. The van der Waals surface area contributed by atoms with Gasteiger partial charge in [-0.05, 0) is 24.7 Å². The smallest absolute Gasteiger partial charge is 0.344 e. The molecule has 28 heavy (non-hydrogen) atoms. The molecule has 0 saturated heterocycles. The molecule has 2 N–H and O–H groups in total. The molecule has 0 aliphatic carbocycles. The van der Waals surface area contributed by atoms with Gasteiger partial charge in [0.05, 0.1) is 26.4 Å². The maximum Gasteiger partial charge on any atom is 0.344 e. The number of hydrogen-bond donors (Lipinski definition) is 2. The minimum Gasteiger partial charge on any atom is -0.395 e. The monoisotopic (exact) mass is 423 g/mol. The van der Waals surface area contributed by atoms with Crippen molar-refractivity contribution in [2.24, 2.45) is 11.8 Å². The molecular weight excluding hydrogens is 377 g/mol. The quantitative estimate of drug-likeness (QED) is 0.272. The summed E-state index contributed by atoms with van der Waals surface area (Å²) >= 11 is 0. The number of hydrogen-bond acceptors (Lipinski definition) is 6. The average Bonchev–Trinajstić information content (AvgIpc) is 2.69. The van der Waals surface area contributed by atoms with Crippen LogP contribution in [-0.4, -0.2) is 60.9 Å². The van der Waals surface area contributed by atoms with Gasteiger partial charge < -0.3 is 19.3 Å². The first kappa shape index (κ1) is 28.0. The van der Waals surface area contributed by atoms with Crippen molar-refractivity contribution >= 4 is 7.60 Å². The van der Waals surface area contributed by atoms with Crippen LogP contribution >= 0.6 is 7.60 Å². The molecule has 0 amide bonds. The van der Waals surface area contributed by atoms with E-state index in [1.54, 1.807) is 4.90 Å². The van der Waals surface area contributed by atoms with Crippen molar-refractivity contribution in [3.8, 4) is 0 Å². The second-order valence-corrected chi connectivity index (χ2v) is 9.76. The molecule has 0 rings (SSSR count). The second-order valence-electron chi connectivity index (χ2n) is 7.74. The molecule has 6 nitrogen and oxygen atoms in total. The highest BCUT2D eigenvalue weighted by Crippen LogP contribution is 2.50. The van der Waals surface area contributed by atoms with Gasteiger partial charge in [-0.2, -0.15) is 0 Å². The van der Waals surface area contributed by atoms with E-state index in [0.717, 1.165) is 51.4 Å². The van der Waals surface area contributed by atoms with Crippen LogP contribution in [0, 0.1) is 11.8 Å². The topological polar surface area (TPSA) is 79.2 Å². The van der Waals surface area contributed by atoms with E-state index in [-0.39, 0.29) is 19.5 Å². The van der Waals surface area contributed by atoms with Gasteiger partial charge >= 0.3 is 7.60 Å². The van der Waals surface area contributed by atoms with E-state index in [1.807, 2.05) is 0 Å². The van der Waals surface area contributed by atoms with Crippen molar-refractivity contribution in [3.63, 3.8) is 0 Å². The zero-order valence-electron chi connectivity index (χ0n) is 18.8. The number of aliphatic hydroxyl groups is 2. The molecule has 0 aliphatic rings. The molecule has 0 bridgehead atoms. The molecule has 0 aliphatic heterocycles. The molecule has 0 saturated carbocycles. The fraction of sp³-hybridized carbons (Fsp3) is 1.00. The summed E-state index contributed by atoms with van der Waals surface area (Å²) in [6, 6.07) is 0. The highest BCUT2D eigenvalue weighted by Gasteiger charge is 2.30. The lowest BCUT2D eigenvalue weighted by molar-refractivity contribution is 0.127. The normalized spacial score (nSPS) is 16.2. The third-order valence-electron chi connectivity index (χ3n) is 5.31.